The largest absolute Gasteiger partial charge is 0.289 e. The Morgan fingerprint density at radius 3 is 2.16 bits per heavy atom. The average Bonchev–Trinajstić information content (AvgIpc) is 2.89. The molecule has 9 heteroatoms. The summed E-state index contributed by atoms with van der Waals surface area (Å²) in [5, 5.41) is 9.43. The molecule has 0 unspecified atom stereocenters. The van der Waals surface area contributed by atoms with E-state index in [4.69, 9.17) is 0 Å². The first-order chi connectivity index (χ1) is 17.7. The highest BCUT2D eigenvalue weighted by molar-refractivity contribution is 7.89. The van der Waals surface area contributed by atoms with Gasteiger partial charge in [0, 0.05) is 0 Å². The number of unbranched alkanes of at least 4 members (excludes halogenated alkanes) is 1. The highest BCUT2D eigenvalue weighted by atomic mass is 32.2. The molecule has 0 spiro atoms. The second kappa shape index (κ2) is 15.3. The number of sulfonamides is 1. The van der Waals surface area contributed by atoms with Crippen LogP contribution in [-0.4, -0.2) is 35.6 Å². The van der Waals surface area contributed by atoms with Crippen LogP contribution in [-0.2, 0) is 26.2 Å². The van der Waals surface area contributed by atoms with Gasteiger partial charge in [0.1, 0.15) is 0 Å². The SMILES string of the molecule is CCCCS(=O)(=O)N(Cc1ccccc1)NC(=O)[C@H](CC(C)C)[C@H](C/C=C/c1ccccc1)C(=O)NO. The standard InChI is InChI=1S/C28H39N3O5S/c1-4-5-19-37(35,36)31(21-24-15-10-7-11-16-24)29-27(32)26(20-22(2)3)25(28(33)30-34)18-12-17-23-13-8-6-9-14-23/h6-17,22,25-26,34H,4-5,18-21H2,1-3H3,(H,29,32)(H,30,33)/b17-12+/t25-,26+/m0/s1. The molecule has 2 aromatic carbocycles. The molecule has 8 nitrogen and oxygen atoms in total. The number of hydrogen-bond donors (Lipinski definition) is 3. The van der Waals surface area contributed by atoms with Gasteiger partial charge in [-0.05, 0) is 36.3 Å². The predicted octanol–water partition coefficient (Wildman–Crippen LogP) is 4.54. The number of benzene rings is 2. The number of rotatable bonds is 15. The highest BCUT2D eigenvalue weighted by Crippen LogP contribution is 2.26. The van der Waals surface area contributed by atoms with E-state index in [2.05, 4.69) is 5.43 Å². The number of amides is 2. The molecule has 0 heterocycles. The van der Waals surface area contributed by atoms with Crippen molar-refractivity contribution in [2.24, 2.45) is 17.8 Å². The van der Waals surface area contributed by atoms with Crippen LogP contribution < -0.4 is 10.9 Å². The number of hydrogen-bond acceptors (Lipinski definition) is 5. The number of carbonyl (C=O) groups excluding carboxylic acids is 2. The molecule has 0 aliphatic carbocycles. The van der Waals surface area contributed by atoms with E-state index in [0.29, 0.717) is 19.3 Å². The molecule has 37 heavy (non-hydrogen) atoms. The summed E-state index contributed by atoms with van der Waals surface area (Å²) < 4.78 is 27.3. The van der Waals surface area contributed by atoms with Gasteiger partial charge in [0.15, 0.2) is 0 Å². The van der Waals surface area contributed by atoms with Gasteiger partial charge in [-0.25, -0.2) is 13.9 Å². The molecule has 0 aliphatic rings. The van der Waals surface area contributed by atoms with E-state index in [1.54, 1.807) is 35.8 Å². The molecule has 0 saturated heterocycles. The summed E-state index contributed by atoms with van der Waals surface area (Å²) in [6.45, 7) is 5.72. The molecule has 3 N–H and O–H groups in total. The molecule has 2 amide bonds. The van der Waals surface area contributed by atoms with Gasteiger partial charge >= 0.3 is 0 Å². The summed E-state index contributed by atoms with van der Waals surface area (Å²) in [6.07, 6.45) is 5.30. The minimum atomic E-state index is -3.81. The van der Waals surface area contributed by atoms with Crippen LogP contribution in [0.1, 0.15) is 57.6 Å². The van der Waals surface area contributed by atoms with E-state index in [-0.39, 0.29) is 24.6 Å². The van der Waals surface area contributed by atoms with Crippen LogP contribution in [0.15, 0.2) is 66.7 Å². The number of nitrogens with zero attached hydrogens (tertiary/aromatic N) is 1. The van der Waals surface area contributed by atoms with Gasteiger partial charge in [0.25, 0.3) is 0 Å². The van der Waals surface area contributed by atoms with E-state index in [9.17, 15) is 23.2 Å². The average molecular weight is 530 g/mol. The highest BCUT2D eigenvalue weighted by Gasteiger charge is 2.36. The third-order valence-corrected chi connectivity index (χ3v) is 7.69. The summed E-state index contributed by atoms with van der Waals surface area (Å²) in [5.41, 5.74) is 5.96. The topological polar surface area (TPSA) is 116 Å². The van der Waals surface area contributed by atoms with Crippen LogP contribution in [0.3, 0.4) is 0 Å². The summed E-state index contributed by atoms with van der Waals surface area (Å²) in [5.74, 6) is -3.10. The van der Waals surface area contributed by atoms with Gasteiger partial charge in [-0.3, -0.25) is 20.2 Å². The van der Waals surface area contributed by atoms with Crippen molar-refractivity contribution in [2.75, 3.05) is 5.75 Å². The Kier molecular flexibility index (Phi) is 12.5. The molecule has 0 bridgehead atoms. The van der Waals surface area contributed by atoms with E-state index in [1.165, 1.54) is 0 Å². The fourth-order valence-electron chi connectivity index (χ4n) is 4.01. The van der Waals surface area contributed by atoms with Gasteiger partial charge in [0.05, 0.1) is 24.1 Å². The number of hydroxylamine groups is 1. The summed E-state index contributed by atoms with van der Waals surface area (Å²) in [7, 11) is -3.81. The summed E-state index contributed by atoms with van der Waals surface area (Å²) >= 11 is 0. The lowest BCUT2D eigenvalue weighted by Crippen LogP contribution is -2.51. The first kappa shape index (κ1) is 30.2. The molecule has 2 atom stereocenters. The fourth-order valence-corrected chi connectivity index (χ4v) is 5.46. The van der Waals surface area contributed by atoms with E-state index < -0.39 is 33.7 Å². The maximum Gasteiger partial charge on any atom is 0.247 e. The van der Waals surface area contributed by atoms with E-state index >= 15 is 0 Å². The van der Waals surface area contributed by atoms with Crippen LogP contribution >= 0.6 is 0 Å². The molecule has 0 aromatic heterocycles. The van der Waals surface area contributed by atoms with E-state index in [0.717, 1.165) is 15.5 Å². The summed E-state index contributed by atoms with van der Waals surface area (Å²) in [4.78, 5) is 26.3. The third-order valence-electron chi connectivity index (χ3n) is 5.99. The number of nitrogens with one attached hydrogen (secondary N) is 2. The van der Waals surface area contributed by atoms with Gasteiger partial charge < -0.3 is 0 Å². The van der Waals surface area contributed by atoms with Crippen LogP contribution in [0.2, 0.25) is 0 Å². The lowest BCUT2D eigenvalue weighted by atomic mass is 9.82. The minimum absolute atomic E-state index is 0.0300. The Hall–Kier alpha value is -3.01. The molecular weight excluding hydrogens is 490 g/mol. The van der Waals surface area contributed by atoms with Crippen molar-refractivity contribution < 1.29 is 23.2 Å². The smallest absolute Gasteiger partial charge is 0.247 e. The van der Waals surface area contributed by atoms with Crippen molar-refractivity contribution in [1.29, 1.82) is 0 Å². The fraction of sp³-hybridized carbons (Fsp3) is 0.429. The van der Waals surface area contributed by atoms with Crippen molar-refractivity contribution in [3.05, 3.63) is 77.9 Å². The second-order valence-corrected chi connectivity index (χ2v) is 11.5. The van der Waals surface area contributed by atoms with Gasteiger partial charge in [0.2, 0.25) is 21.8 Å². The maximum absolute atomic E-state index is 13.6. The van der Waals surface area contributed by atoms with Crippen molar-refractivity contribution in [1.82, 2.24) is 15.3 Å². The number of carbonyl (C=O) groups is 2. The Morgan fingerprint density at radius 2 is 1.59 bits per heavy atom. The normalized spacial score (nSPS) is 13.6. The van der Waals surface area contributed by atoms with E-state index in [1.807, 2.05) is 63.2 Å². The third kappa shape index (κ3) is 10.1. The molecule has 0 radical (unpaired) electrons. The van der Waals surface area contributed by atoms with Gasteiger partial charge in [-0.2, -0.15) is 0 Å². The minimum Gasteiger partial charge on any atom is -0.289 e. The van der Waals surface area contributed by atoms with Gasteiger partial charge in [-0.15, -0.1) is 4.41 Å². The molecule has 0 aliphatic heterocycles. The predicted molar refractivity (Wildman–Crippen MR) is 145 cm³/mol. The zero-order chi connectivity index (χ0) is 27.3. The first-order valence-corrected chi connectivity index (χ1v) is 14.3. The zero-order valence-corrected chi connectivity index (χ0v) is 22.7. The van der Waals surface area contributed by atoms with Crippen LogP contribution in [0.4, 0.5) is 0 Å². The van der Waals surface area contributed by atoms with Crippen LogP contribution in [0, 0.1) is 17.8 Å². The number of allylic oxidation sites excluding steroid dienone is 1. The molecule has 0 fully saturated rings. The Balaban J connectivity index is 2.33. The van der Waals surface area contributed by atoms with Crippen molar-refractivity contribution in [2.45, 2.75) is 53.0 Å². The van der Waals surface area contributed by atoms with Crippen molar-refractivity contribution in [3.63, 3.8) is 0 Å². The van der Waals surface area contributed by atoms with Crippen molar-refractivity contribution >= 4 is 27.9 Å². The maximum atomic E-state index is 13.6. The second-order valence-electron chi connectivity index (χ2n) is 9.51. The monoisotopic (exact) mass is 529 g/mol. The number of hydrazine groups is 1. The molecular formula is C28H39N3O5S. The Morgan fingerprint density at radius 1 is 0.973 bits per heavy atom. The lowest BCUT2D eigenvalue weighted by Gasteiger charge is -2.29. The van der Waals surface area contributed by atoms with Crippen LogP contribution in [0.25, 0.3) is 6.08 Å². The van der Waals surface area contributed by atoms with Gasteiger partial charge in [-0.1, -0.05) is 100 Å². The van der Waals surface area contributed by atoms with Crippen LogP contribution in [0.5, 0.6) is 0 Å². The first-order valence-electron chi connectivity index (χ1n) is 12.7. The van der Waals surface area contributed by atoms with Crippen molar-refractivity contribution in [3.8, 4) is 0 Å². The molecule has 2 aromatic rings. The summed E-state index contributed by atoms with van der Waals surface area (Å²) in [6, 6.07) is 18.5. The molecule has 0 saturated carbocycles. The molecule has 2 rings (SSSR count). The lowest BCUT2D eigenvalue weighted by molar-refractivity contribution is -0.142. The Bertz CT molecular complexity index is 1110. The molecule has 202 valence electrons. The quantitative estimate of drug-likeness (QED) is 0.231. The zero-order valence-electron chi connectivity index (χ0n) is 21.8. The Labute approximate surface area is 220 Å².